The van der Waals surface area contributed by atoms with Crippen LogP contribution in [0.4, 0.5) is 0 Å². The molecule has 0 aromatic rings. The summed E-state index contributed by atoms with van der Waals surface area (Å²) in [5.41, 5.74) is -0.166. The molecule has 0 bridgehead atoms. The highest BCUT2D eigenvalue weighted by atomic mass is 32.2. The third-order valence-electron chi connectivity index (χ3n) is 1.95. The summed E-state index contributed by atoms with van der Waals surface area (Å²) in [5, 5.41) is 8.56. The Morgan fingerprint density at radius 3 is 2.85 bits per heavy atom. The first-order chi connectivity index (χ1) is 6.15. The lowest BCUT2D eigenvalue weighted by molar-refractivity contribution is -0.145. The minimum Gasteiger partial charge on any atom is -0.477 e. The molecule has 2 rings (SSSR count). The van der Waals surface area contributed by atoms with Gasteiger partial charge in [-0.05, 0) is 0 Å². The van der Waals surface area contributed by atoms with E-state index < -0.39 is 5.97 Å². The third-order valence-corrected chi connectivity index (χ3v) is 3.15. The van der Waals surface area contributed by atoms with Gasteiger partial charge in [-0.15, -0.1) is 0 Å². The van der Waals surface area contributed by atoms with Crippen LogP contribution < -0.4 is 0 Å². The van der Waals surface area contributed by atoms with Crippen molar-refractivity contribution in [2.45, 2.75) is 11.8 Å². The number of allylic oxidation sites excluding steroid dienone is 1. The highest BCUT2D eigenvalue weighted by Gasteiger charge is 2.48. The van der Waals surface area contributed by atoms with Gasteiger partial charge in [-0.25, -0.2) is 4.79 Å². The summed E-state index contributed by atoms with van der Waals surface area (Å²) in [5.74, 6) is -1.45. The van der Waals surface area contributed by atoms with Gasteiger partial charge in [0.05, 0.1) is 16.7 Å². The van der Waals surface area contributed by atoms with Crippen molar-refractivity contribution in [2.24, 2.45) is 0 Å². The van der Waals surface area contributed by atoms with E-state index in [1.807, 2.05) is 0 Å². The zero-order chi connectivity index (χ0) is 9.59. The van der Waals surface area contributed by atoms with E-state index in [0.717, 1.165) is 16.7 Å². The van der Waals surface area contributed by atoms with Gasteiger partial charge in [0.1, 0.15) is 5.70 Å². The van der Waals surface area contributed by atoms with E-state index in [4.69, 9.17) is 5.11 Å². The maximum absolute atomic E-state index is 11.0. The smallest absolute Gasteiger partial charge is 0.353 e. The van der Waals surface area contributed by atoms with Crippen LogP contribution in [0.1, 0.15) is 6.42 Å². The Kier molecular flexibility index (Phi) is 1.66. The number of aliphatic carboxylic acids is 1. The molecule has 1 amide bonds. The maximum atomic E-state index is 11.0. The molecule has 0 aromatic carbocycles. The van der Waals surface area contributed by atoms with Crippen molar-refractivity contribution < 1.29 is 19.5 Å². The van der Waals surface area contributed by atoms with Crippen molar-refractivity contribution >= 4 is 29.9 Å². The normalized spacial score (nSPS) is 25.7. The van der Waals surface area contributed by atoms with Crippen molar-refractivity contribution in [3.8, 4) is 0 Å². The van der Waals surface area contributed by atoms with Crippen molar-refractivity contribution in [1.29, 1.82) is 0 Å². The summed E-state index contributed by atoms with van der Waals surface area (Å²) >= 11 is 1.14. The van der Waals surface area contributed by atoms with Crippen molar-refractivity contribution in [2.75, 3.05) is 0 Å². The lowest BCUT2D eigenvalue weighted by Gasteiger charge is -2.33. The lowest BCUT2D eigenvalue weighted by Crippen LogP contribution is -2.48. The van der Waals surface area contributed by atoms with Crippen LogP contribution in [0.2, 0.25) is 0 Å². The number of β-lactam (4-membered cyclic amide) rings is 1. The molecular formula is C7H5NO4S. The largest absolute Gasteiger partial charge is 0.477 e. The molecule has 0 aromatic heterocycles. The van der Waals surface area contributed by atoms with E-state index in [9.17, 15) is 14.4 Å². The minimum atomic E-state index is -1.22. The topological polar surface area (TPSA) is 74.7 Å². The Hall–Kier alpha value is -1.30. The number of amides is 1. The predicted molar refractivity (Wildman–Crippen MR) is 43.6 cm³/mol. The van der Waals surface area contributed by atoms with Gasteiger partial charge in [-0.3, -0.25) is 14.5 Å². The maximum Gasteiger partial charge on any atom is 0.353 e. The summed E-state index contributed by atoms with van der Waals surface area (Å²) < 4.78 is 0. The molecule has 0 spiro atoms. The van der Waals surface area contributed by atoms with Gasteiger partial charge in [-0.1, -0.05) is 11.8 Å². The first-order valence-corrected chi connectivity index (χ1v) is 4.44. The van der Waals surface area contributed by atoms with Gasteiger partial charge in [0.15, 0.2) is 6.29 Å². The average Bonchev–Trinajstić information content (AvgIpc) is 2.37. The van der Waals surface area contributed by atoms with E-state index >= 15 is 0 Å². The number of carboxylic acids is 1. The fourth-order valence-electron chi connectivity index (χ4n) is 1.36. The van der Waals surface area contributed by atoms with Crippen molar-refractivity contribution in [3.63, 3.8) is 0 Å². The van der Waals surface area contributed by atoms with E-state index in [0.29, 0.717) is 12.7 Å². The predicted octanol–water partition coefficient (Wildman–Crippen LogP) is -0.213. The number of aldehydes is 1. The second-order valence-electron chi connectivity index (χ2n) is 2.68. The van der Waals surface area contributed by atoms with Gasteiger partial charge < -0.3 is 5.11 Å². The Labute approximate surface area is 77.4 Å². The third kappa shape index (κ3) is 0.983. The van der Waals surface area contributed by atoms with Gasteiger partial charge >= 0.3 is 5.97 Å². The Morgan fingerprint density at radius 2 is 2.38 bits per heavy atom. The van der Waals surface area contributed by atoms with E-state index in [1.54, 1.807) is 0 Å². The Balaban J connectivity index is 2.40. The molecule has 0 aliphatic carbocycles. The Bertz CT molecular complexity index is 348. The SMILES string of the molecule is O=CC1=C(C(=O)O)N2C(=O)C[C@H]2S1. The summed E-state index contributed by atoms with van der Waals surface area (Å²) in [6.45, 7) is 0. The summed E-state index contributed by atoms with van der Waals surface area (Å²) in [7, 11) is 0. The second-order valence-corrected chi connectivity index (χ2v) is 3.90. The lowest BCUT2D eigenvalue weighted by atomic mass is 10.1. The number of nitrogens with zero attached hydrogens (tertiary/aromatic N) is 1. The summed E-state index contributed by atoms with van der Waals surface area (Å²) in [6, 6.07) is 0. The van der Waals surface area contributed by atoms with Gasteiger partial charge in [0.2, 0.25) is 5.91 Å². The molecule has 0 radical (unpaired) electrons. The standard InChI is InChI=1S/C7H5NO4S/c9-2-3-6(7(11)12)8-4(10)1-5(8)13-3/h2,5H,1H2,(H,11,12)/t5-/m1/s1. The summed E-state index contributed by atoms with van der Waals surface area (Å²) in [4.78, 5) is 33.4. The fraction of sp³-hybridized carbons (Fsp3) is 0.286. The first-order valence-electron chi connectivity index (χ1n) is 3.56. The van der Waals surface area contributed by atoms with Crippen molar-refractivity contribution in [3.05, 3.63) is 10.6 Å². The minimum absolute atomic E-state index is 0.142. The number of carboxylic acid groups (broad SMARTS) is 1. The summed E-state index contributed by atoms with van der Waals surface area (Å²) in [6.07, 6.45) is 0.804. The molecular weight excluding hydrogens is 194 g/mol. The van der Waals surface area contributed by atoms with E-state index in [1.165, 1.54) is 0 Å². The molecule has 2 aliphatic heterocycles. The fourth-order valence-corrected chi connectivity index (χ4v) is 2.56. The van der Waals surface area contributed by atoms with Crippen LogP contribution in [0, 0.1) is 0 Å². The highest BCUT2D eigenvalue weighted by Crippen LogP contribution is 2.44. The van der Waals surface area contributed by atoms with Crippen LogP contribution in [0.15, 0.2) is 10.6 Å². The first kappa shape index (κ1) is 8.31. The number of thioether (sulfide) groups is 1. The van der Waals surface area contributed by atoms with Crippen molar-refractivity contribution in [1.82, 2.24) is 4.90 Å². The van der Waals surface area contributed by atoms with Crippen LogP contribution in [0.3, 0.4) is 0 Å². The number of carbonyl (C=O) groups excluding carboxylic acids is 2. The number of carbonyl (C=O) groups is 3. The monoisotopic (exact) mass is 199 g/mol. The molecule has 0 saturated carbocycles. The number of hydrogen-bond donors (Lipinski definition) is 1. The number of hydrogen-bond acceptors (Lipinski definition) is 4. The second kappa shape index (κ2) is 2.59. The van der Waals surface area contributed by atoms with Gasteiger partial charge in [-0.2, -0.15) is 0 Å². The Morgan fingerprint density at radius 1 is 1.69 bits per heavy atom. The zero-order valence-electron chi connectivity index (χ0n) is 6.39. The molecule has 1 N–H and O–H groups in total. The molecule has 1 fully saturated rings. The zero-order valence-corrected chi connectivity index (χ0v) is 7.21. The van der Waals surface area contributed by atoms with Crippen LogP contribution in [-0.2, 0) is 14.4 Å². The van der Waals surface area contributed by atoms with Crippen LogP contribution in [0.25, 0.3) is 0 Å². The van der Waals surface area contributed by atoms with E-state index in [-0.39, 0.29) is 21.9 Å². The van der Waals surface area contributed by atoms with Crippen LogP contribution >= 0.6 is 11.8 Å². The van der Waals surface area contributed by atoms with Gasteiger partial charge in [0.25, 0.3) is 0 Å². The number of fused-ring (bicyclic) bond motifs is 1. The molecule has 5 nitrogen and oxygen atoms in total. The molecule has 2 heterocycles. The molecule has 13 heavy (non-hydrogen) atoms. The molecule has 6 heteroatoms. The molecule has 68 valence electrons. The number of rotatable bonds is 2. The molecule has 2 aliphatic rings. The van der Waals surface area contributed by atoms with E-state index in [2.05, 4.69) is 0 Å². The molecule has 1 atom stereocenters. The van der Waals surface area contributed by atoms with Crippen LogP contribution in [0.5, 0.6) is 0 Å². The van der Waals surface area contributed by atoms with Crippen LogP contribution in [-0.4, -0.2) is 33.5 Å². The quantitative estimate of drug-likeness (QED) is 0.492. The molecule has 0 unspecified atom stereocenters. The average molecular weight is 199 g/mol. The van der Waals surface area contributed by atoms with Gasteiger partial charge in [0, 0.05) is 0 Å². The molecule has 1 saturated heterocycles. The highest BCUT2D eigenvalue weighted by molar-refractivity contribution is 8.04.